The van der Waals surface area contributed by atoms with Crippen molar-refractivity contribution in [3.8, 4) is 0 Å². The second-order valence-corrected chi connectivity index (χ2v) is 3.60. The van der Waals surface area contributed by atoms with Gasteiger partial charge in [0.25, 0.3) is 5.78 Å². The van der Waals surface area contributed by atoms with Gasteiger partial charge in [-0.15, -0.1) is 0 Å². The highest BCUT2D eigenvalue weighted by atomic mass is 16.2. The number of hydrogen-bond acceptors (Lipinski definition) is 4. The molecule has 1 aliphatic rings. The van der Waals surface area contributed by atoms with E-state index in [0.29, 0.717) is 5.56 Å². The lowest BCUT2D eigenvalue weighted by molar-refractivity contribution is -0.142. The topological polar surface area (TPSA) is 68.3 Å². The molecule has 0 amide bonds. The van der Waals surface area contributed by atoms with E-state index >= 15 is 0 Å². The Kier molecular flexibility index (Phi) is 2.78. The zero-order valence-electron chi connectivity index (χ0n) is 8.80. The molecule has 0 saturated heterocycles. The molecule has 0 fully saturated rings. The molecular weight excluding hydrogens is 220 g/mol. The highest BCUT2D eigenvalue weighted by Crippen LogP contribution is 2.15. The van der Waals surface area contributed by atoms with Gasteiger partial charge in [0.1, 0.15) is 0 Å². The van der Waals surface area contributed by atoms with Gasteiger partial charge in [0.15, 0.2) is 5.78 Å². The van der Waals surface area contributed by atoms with Gasteiger partial charge in [0.05, 0.1) is 5.57 Å². The normalized spacial score (nSPS) is 15.8. The zero-order valence-corrected chi connectivity index (χ0v) is 8.80. The third-order valence-corrected chi connectivity index (χ3v) is 2.48. The Balaban J connectivity index is 2.36. The molecule has 2 rings (SSSR count). The van der Waals surface area contributed by atoms with E-state index in [9.17, 15) is 19.2 Å². The van der Waals surface area contributed by atoms with Gasteiger partial charge < -0.3 is 0 Å². The highest BCUT2D eigenvalue weighted by Gasteiger charge is 2.33. The Morgan fingerprint density at radius 3 is 2.24 bits per heavy atom. The fourth-order valence-corrected chi connectivity index (χ4v) is 1.57. The van der Waals surface area contributed by atoms with Crippen molar-refractivity contribution in [3.63, 3.8) is 0 Å². The molecule has 1 aliphatic carbocycles. The summed E-state index contributed by atoms with van der Waals surface area (Å²) < 4.78 is 0. The summed E-state index contributed by atoms with van der Waals surface area (Å²) >= 11 is 0. The highest BCUT2D eigenvalue weighted by molar-refractivity contribution is 6.71. The third kappa shape index (κ3) is 1.97. The van der Waals surface area contributed by atoms with Gasteiger partial charge in [-0.2, -0.15) is 0 Å². The Hall–Kier alpha value is -2.36. The monoisotopic (exact) mass is 228 g/mol. The second kappa shape index (κ2) is 4.25. The fourth-order valence-electron chi connectivity index (χ4n) is 1.57. The van der Waals surface area contributed by atoms with E-state index in [1.807, 2.05) is 0 Å². The predicted molar refractivity (Wildman–Crippen MR) is 58.5 cm³/mol. The van der Waals surface area contributed by atoms with E-state index in [1.165, 1.54) is 6.08 Å². The molecule has 0 heterocycles. The van der Waals surface area contributed by atoms with Crippen LogP contribution in [0.2, 0.25) is 0 Å². The lowest BCUT2D eigenvalue weighted by Crippen LogP contribution is -2.31. The number of Topliss-reactive ketones (excluding diaryl/α,β-unsaturated/α-hetero) is 4. The smallest absolute Gasteiger partial charge is 0.269 e. The second-order valence-electron chi connectivity index (χ2n) is 3.60. The predicted octanol–water partition coefficient (Wildman–Crippen LogP) is 0.907. The maximum absolute atomic E-state index is 11.9. The maximum atomic E-state index is 11.9. The van der Waals surface area contributed by atoms with Crippen molar-refractivity contribution in [1.29, 1.82) is 0 Å². The zero-order chi connectivity index (χ0) is 12.4. The van der Waals surface area contributed by atoms with Crippen LogP contribution in [0.3, 0.4) is 0 Å². The first kappa shape index (κ1) is 11.1. The SMILES string of the molecule is O=C1CC=C(C(=O)c2ccccc2)C(=O)C1=O. The first-order chi connectivity index (χ1) is 8.11. The van der Waals surface area contributed by atoms with E-state index in [1.54, 1.807) is 30.3 Å². The fraction of sp³-hybridized carbons (Fsp3) is 0.0769. The van der Waals surface area contributed by atoms with Crippen LogP contribution in [-0.2, 0) is 14.4 Å². The van der Waals surface area contributed by atoms with Crippen LogP contribution < -0.4 is 0 Å². The molecule has 84 valence electrons. The Morgan fingerprint density at radius 1 is 0.941 bits per heavy atom. The molecule has 4 nitrogen and oxygen atoms in total. The maximum Gasteiger partial charge on any atom is 0.269 e. The van der Waals surface area contributed by atoms with Gasteiger partial charge in [0.2, 0.25) is 11.6 Å². The number of allylic oxidation sites excluding steroid dienone is 2. The molecule has 0 atom stereocenters. The van der Waals surface area contributed by atoms with Crippen molar-refractivity contribution in [2.45, 2.75) is 6.42 Å². The van der Waals surface area contributed by atoms with Crippen molar-refractivity contribution in [1.82, 2.24) is 0 Å². The average molecular weight is 228 g/mol. The van der Waals surface area contributed by atoms with Crippen LogP contribution in [0.5, 0.6) is 0 Å². The average Bonchev–Trinajstić information content (AvgIpc) is 2.36. The molecule has 0 N–H and O–H groups in total. The van der Waals surface area contributed by atoms with Crippen molar-refractivity contribution in [2.24, 2.45) is 0 Å². The number of ketones is 4. The minimum Gasteiger partial charge on any atom is -0.290 e. The molecule has 4 heteroatoms. The summed E-state index contributed by atoms with van der Waals surface area (Å²) in [5, 5.41) is 0. The first-order valence-corrected chi connectivity index (χ1v) is 5.03. The van der Waals surface area contributed by atoms with Gasteiger partial charge >= 0.3 is 0 Å². The molecule has 0 saturated carbocycles. The number of benzene rings is 1. The van der Waals surface area contributed by atoms with Gasteiger partial charge in [-0.25, -0.2) is 0 Å². The molecular formula is C13H8O4. The summed E-state index contributed by atoms with van der Waals surface area (Å²) in [6.45, 7) is 0. The molecule has 17 heavy (non-hydrogen) atoms. The molecule has 0 aliphatic heterocycles. The molecule has 0 radical (unpaired) electrons. The summed E-state index contributed by atoms with van der Waals surface area (Å²) in [5.74, 6) is -3.39. The molecule has 0 spiro atoms. The summed E-state index contributed by atoms with van der Waals surface area (Å²) in [4.78, 5) is 45.6. The molecule has 0 bridgehead atoms. The minimum atomic E-state index is -1.10. The molecule has 1 aromatic carbocycles. The van der Waals surface area contributed by atoms with Crippen LogP contribution in [0, 0.1) is 0 Å². The Morgan fingerprint density at radius 2 is 1.59 bits per heavy atom. The van der Waals surface area contributed by atoms with Gasteiger partial charge in [0, 0.05) is 12.0 Å². The van der Waals surface area contributed by atoms with E-state index in [0.717, 1.165) is 0 Å². The number of carbonyl (C=O) groups excluding carboxylic acids is 4. The molecule has 1 aromatic rings. The Labute approximate surface area is 96.9 Å². The van der Waals surface area contributed by atoms with Gasteiger partial charge in [-0.05, 0) is 0 Å². The van der Waals surface area contributed by atoms with Crippen LogP contribution in [-0.4, -0.2) is 23.1 Å². The number of carbonyl (C=O) groups is 4. The van der Waals surface area contributed by atoms with Gasteiger partial charge in [-0.3, -0.25) is 19.2 Å². The summed E-state index contributed by atoms with van der Waals surface area (Å²) in [6.07, 6.45) is 1.04. The Bertz CT molecular complexity index is 552. The number of hydrogen-bond donors (Lipinski definition) is 0. The first-order valence-electron chi connectivity index (χ1n) is 5.03. The van der Waals surface area contributed by atoms with Crippen LogP contribution in [0.4, 0.5) is 0 Å². The van der Waals surface area contributed by atoms with Crippen LogP contribution in [0.1, 0.15) is 16.8 Å². The van der Waals surface area contributed by atoms with E-state index in [-0.39, 0.29) is 12.0 Å². The molecule has 0 aromatic heterocycles. The molecule has 0 unspecified atom stereocenters. The van der Waals surface area contributed by atoms with Crippen LogP contribution in [0.15, 0.2) is 42.0 Å². The standard InChI is InChI=1S/C13H8O4/c14-10-7-6-9(12(16)13(10)17)11(15)8-4-2-1-3-5-8/h1-6H,7H2. The number of rotatable bonds is 2. The van der Waals surface area contributed by atoms with E-state index < -0.39 is 23.1 Å². The van der Waals surface area contributed by atoms with Crippen molar-refractivity contribution >= 4 is 23.1 Å². The quantitative estimate of drug-likeness (QED) is 0.428. The summed E-state index contributed by atoms with van der Waals surface area (Å²) in [5.41, 5.74) is 0.120. The van der Waals surface area contributed by atoms with Crippen molar-refractivity contribution in [2.75, 3.05) is 0 Å². The van der Waals surface area contributed by atoms with E-state index in [4.69, 9.17) is 0 Å². The van der Waals surface area contributed by atoms with Crippen molar-refractivity contribution in [3.05, 3.63) is 47.5 Å². The van der Waals surface area contributed by atoms with Crippen LogP contribution in [0.25, 0.3) is 0 Å². The van der Waals surface area contributed by atoms with Crippen LogP contribution >= 0.6 is 0 Å². The lowest BCUT2D eigenvalue weighted by Gasteiger charge is -2.08. The largest absolute Gasteiger partial charge is 0.290 e. The minimum absolute atomic E-state index is 0.182. The van der Waals surface area contributed by atoms with E-state index in [2.05, 4.69) is 0 Å². The summed E-state index contributed by atoms with van der Waals surface area (Å²) in [6, 6.07) is 8.17. The summed E-state index contributed by atoms with van der Waals surface area (Å²) in [7, 11) is 0. The lowest BCUT2D eigenvalue weighted by atomic mass is 9.90. The third-order valence-electron chi connectivity index (χ3n) is 2.48. The van der Waals surface area contributed by atoms with Gasteiger partial charge in [-0.1, -0.05) is 36.4 Å². The van der Waals surface area contributed by atoms with Crippen molar-refractivity contribution < 1.29 is 19.2 Å².